The van der Waals surface area contributed by atoms with Crippen LogP contribution in [0.2, 0.25) is 5.02 Å². The fourth-order valence-corrected chi connectivity index (χ4v) is 2.21. The van der Waals surface area contributed by atoms with E-state index in [1.165, 1.54) is 12.1 Å². The van der Waals surface area contributed by atoms with Crippen molar-refractivity contribution in [3.63, 3.8) is 0 Å². The van der Waals surface area contributed by atoms with Gasteiger partial charge < -0.3 is 4.74 Å². The Hall–Kier alpha value is -1.49. The third kappa shape index (κ3) is 3.15. The van der Waals surface area contributed by atoms with Crippen LogP contribution in [0.5, 0.6) is 5.75 Å². The maximum absolute atomic E-state index is 12.1. The molecule has 0 fully saturated rings. The molecule has 0 amide bonds. The van der Waals surface area contributed by atoms with Crippen LogP contribution in [0.15, 0.2) is 18.2 Å². The predicted molar refractivity (Wildman–Crippen MR) is 72.4 cm³/mol. The Balaban J connectivity index is 2.41. The van der Waals surface area contributed by atoms with Crippen molar-refractivity contribution < 1.29 is 17.9 Å². The molecule has 0 bridgehead atoms. The number of fused-ring (bicyclic) bond motifs is 1. The fraction of sp³-hybridized carbons (Fsp3) is 0.357. The van der Waals surface area contributed by atoms with E-state index >= 15 is 0 Å². The molecule has 1 aromatic heterocycles. The van der Waals surface area contributed by atoms with Gasteiger partial charge in [-0.1, -0.05) is 18.5 Å². The molecule has 0 spiro atoms. The average molecular weight is 304 g/mol. The Morgan fingerprint density at radius 2 is 2.00 bits per heavy atom. The second-order valence-corrected chi connectivity index (χ2v) is 4.81. The summed E-state index contributed by atoms with van der Waals surface area (Å²) in [6, 6.07) is 4.57. The first-order valence-electron chi connectivity index (χ1n) is 6.10. The van der Waals surface area contributed by atoms with Crippen LogP contribution in [0.25, 0.3) is 10.9 Å². The van der Waals surface area contributed by atoms with Crippen molar-refractivity contribution >= 4 is 22.5 Å². The molecule has 0 unspecified atom stereocenters. The van der Waals surface area contributed by atoms with Crippen LogP contribution >= 0.6 is 11.6 Å². The number of hydrogen-bond acceptors (Lipinski definition) is 2. The third-order valence-corrected chi connectivity index (χ3v) is 3.45. The minimum Gasteiger partial charge on any atom is -0.484 e. The summed E-state index contributed by atoms with van der Waals surface area (Å²) in [6.45, 7) is 2.49. The third-order valence-electron chi connectivity index (χ3n) is 2.96. The van der Waals surface area contributed by atoms with E-state index in [1.54, 1.807) is 6.07 Å². The van der Waals surface area contributed by atoms with Crippen LogP contribution in [0.4, 0.5) is 13.2 Å². The van der Waals surface area contributed by atoms with Crippen molar-refractivity contribution in [3.8, 4) is 5.75 Å². The number of ether oxygens (including phenoxy) is 1. The zero-order chi connectivity index (χ0) is 14.9. The topological polar surface area (TPSA) is 22.1 Å². The Morgan fingerprint density at radius 1 is 1.30 bits per heavy atom. The average Bonchev–Trinajstić information content (AvgIpc) is 2.40. The number of halogens is 4. The molecule has 0 N–H and O–H groups in total. The summed E-state index contributed by atoms with van der Waals surface area (Å²) >= 11 is 6.25. The van der Waals surface area contributed by atoms with Crippen LogP contribution in [-0.4, -0.2) is 17.8 Å². The summed E-state index contributed by atoms with van der Waals surface area (Å²) in [5.74, 6) is 0.127. The maximum atomic E-state index is 12.1. The molecule has 6 heteroatoms. The lowest BCUT2D eigenvalue weighted by atomic mass is 10.1. The summed E-state index contributed by atoms with van der Waals surface area (Å²) in [4.78, 5) is 4.44. The Labute approximate surface area is 119 Å². The highest BCUT2D eigenvalue weighted by atomic mass is 35.5. The molecular formula is C14H13ClF3NO. The maximum Gasteiger partial charge on any atom is 0.422 e. The van der Waals surface area contributed by atoms with Crippen molar-refractivity contribution in [2.24, 2.45) is 0 Å². The molecule has 2 aromatic rings. The number of alkyl halides is 3. The van der Waals surface area contributed by atoms with Gasteiger partial charge in [0, 0.05) is 11.1 Å². The zero-order valence-electron chi connectivity index (χ0n) is 11.0. The number of aryl methyl sites for hydroxylation is 1. The molecule has 0 saturated heterocycles. The smallest absolute Gasteiger partial charge is 0.422 e. The molecule has 0 aliphatic rings. The number of pyridine rings is 1. The summed E-state index contributed by atoms with van der Waals surface area (Å²) < 4.78 is 41.1. The highest BCUT2D eigenvalue weighted by Crippen LogP contribution is 2.31. The van der Waals surface area contributed by atoms with Crippen LogP contribution in [0, 0.1) is 6.92 Å². The number of hydrogen-bond donors (Lipinski definition) is 0. The normalized spacial score (nSPS) is 11.9. The summed E-state index contributed by atoms with van der Waals surface area (Å²) in [5, 5.41) is 1.10. The van der Waals surface area contributed by atoms with Gasteiger partial charge in [0.1, 0.15) is 5.75 Å². The van der Waals surface area contributed by atoms with Gasteiger partial charge in [-0.2, -0.15) is 13.2 Å². The Morgan fingerprint density at radius 3 is 2.60 bits per heavy atom. The van der Waals surface area contributed by atoms with Crippen LogP contribution in [-0.2, 0) is 6.42 Å². The van der Waals surface area contributed by atoms with Gasteiger partial charge in [0.2, 0.25) is 0 Å². The second-order valence-electron chi connectivity index (χ2n) is 4.43. The van der Waals surface area contributed by atoms with Crippen molar-refractivity contribution in [3.05, 3.63) is 34.5 Å². The number of aromatic nitrogens is 1. The van der Waals surface area contributed by atoms with E-state index < -0.39 is 12.8 Å². The molecule has 1 aromatic carbocycles. The molecule has 0 aliphatic heterocycles. The van der Waals surface area contributed by atoms with Gasteiger partial charge in [-0.25, -0.2) is 0 Å². The highest BCUT2D eigenvalue weighted by molar-refractivity contribution is 6.36. The van der Waals surface area contributed by atoms with E-state index in [0.717, 1.165) is 17.7 Å². The van der Waals surface area contributed by atoms with Gasteiger partial charge in [-0.15, -0.1) is 0 Å². The van der Waals surface area contributed by atoms with Gasteiger partial charge in [-0.05, 0) is 37.1 Å². The van der Waals surface area contributed by atoms with Gasteiger partial charge in [0.15, 0.2) is 6.61 Å². The molecule has 0 saturated carbocycles. The van der Waals surface area contributed by atoms with E-state index in [9.17, 15) is 13.2 Å². The van der Waals surface area contributed by atoms with E-state index in [2.05, 4.69) is 4.98 Å². The lowest BCUT2D eigenvalue weighted by Gasteiger charge is -2.12. The van der Waals surface area contributed by atoms with Crippen molar-refractivity contribution in [1.29, 1.82) is 0 Å². The number of rotatable bonds is 3. The lowest BCUT2D eigenvalue weighted by Crippen LogP contribution is -2.19. The fourth-order valence-electron chi connectivity index (χ4n) is 1.95. The van der Waals surface area contributed by atoms with E-state index in [1.807, 2.05) is 13.8 Å². The number of benzene rings is 1. The molecule has 2 nitrogen and oxygen atoms in total. The Kier molecular flexibility index (Phi) is 4.09. The monoisotopic (exact) mass is 303 g/mol. The quantitative estimate of drug-likeness (QED) is 0.820. The molecule has 2 rings (SSSR count). The second kappa shape index (κ2) is 5.48. The molecule has 1 heterocycles. The van der Waals surface area contributed by atoms with Crippen LogP contribution in [0.1, 0.15) is 18.2 Å². The molecule has 0 aliphatic carbocycles. The standard InChI is InChI=1S/C14H13ClF3NO/c1-3-11-8(2)13(15)10-6-9(4-5-12(10)19-11)20-7-14(16,17)18/h4-6H,3,7H2,1-2H3. The zero-order valence-corrected chi connectivity index (χ0v) is 11.8. The molecular weight excluding hydrogens is 291 g/mol. The minimum atomic E-state index is -4.36. The van der Waals surface area contributed by atoms with Gasteiger partial charge in [-0.3, -0.25) is 4.98 Å². The van der Waals surface area contributed by atoms with Crippen LogP contribution in [0.3, 0.4) is 0 Å². The van der Waals surface area contributed by atoms with Crippen LogP contribution < -0.4 is 4.74 Å². The van der Waals surface area contributed by atoms with Gasteiger partial charge >= 0.3 is 6.18 Å². The highest BCUT2D eigenvalue weighted by Gasteiger charge is 2.28. The van der Waals surface area contributed by atoms with E-state index in [4.69, 9.17) is 16.3 Å². The van der Waals surface area contributed by atoms with E-state index in [0.29, 0.717) is 15.9 Å². The minimum absolute atomic E-state index is 0.127. The lowest BCUT2D eigenvalue weighted by molar-refractivity contribution is -0.153. The van der Waals surface area contributed by atoms with Crippen molar-refractivity contribution in [2.45, 2.75) is 26.4 Å². The Bertz CT molecular complexity index is 640. The largest absolute Gasteiger partial charge is 0.484 e. The first-order chi connectivity index (χ1) is 9.31. The number of nitrogens with zero attached hydrogens (tertiary/aromatic N) is 1. The summed E-state index contributed by atoms with van der Waals surface area (Å²) in [6.07, 6.45) is -3.62. The molecule has 20 heavy (non-hydrogen) atoms. The van der Waals surface area contributed by atoms with E-state index in [-0.39, 0.29) is 5.75 Å². The van der Waals surface area contributed by atoms with Crippen molar-refractivity contribution in [1.82, 2.24) is 4.98 Å². The SMILES string of the molecule is CCc1nc2ccc(OCC(F)(F)F)cc2c(Cl)c1C. The summed E-state index contributed by atoms with van der Waals surface area (Å²) in [7, 11) is 0. The molecule has 108 valence electrons. The van der Waals surface area contributed by atoms with Gasteiger partial charge in [0.25, 0.3) is 0 Å². The van der Waals surface area contributed by atoms with Gasteiger partial charge in [0.05, 0.1) is 10.5 Å². The van der Waals surface area contributed by atoms with Crippen molar-refractivity contribution in [2.75, 3.05) is 6.61 Å². The first-order valence-corrected chi connectivity index (χ1v) is 6.48. The predicted octanol–water partition coefficient (Wildman–Crippen LogP) is 4.70. The molecule has 0 atom stereocenters. The summed E-state index contributed by atoms with van der Waals surface area (Å²) in [5.41, 5.74) is 2.37. The molecule has 0 radical (unpaired) electrons. The first kappa shape index (κ1) is 14.9.